The number of nitro benzene ring substituents is 1. The summed E-state index contributed by atoms with van der Waals surface area (Å²) in [5.74, 6) is -0.453. The standard InChI is InChI=1S/C12H15NO5/c1-8(2)18-11(14)7-17-12-9(3)5-4-6-10(12)13(15)16/h4-6,8H,7H2,1-3H3. The average molecular weight is 253 g/mol. The molecule has 0 unspecified atom stereocenters. The molecule has 0 fully saturated rings. The number of ether oxygens (including phenoxy) is 2. The molecular formula is C12H15NO5. The van der Waals surface area contributed by atoms with E-state index in [9.17, 15) is 14.9 Å². The first-order valence-corrected chi connectivity index (χ1v) is 5.48. The highest BCUT2D eigenvalue weighted by molar-refractivity contribution is 5.71. The van der Waals surface area contributed by atoms with E-state index in [1.807, 2.05) is 0 Å². The molecule has 0 aliphatic heterocycles. The number of carbonyl (C=O) groups excluding carboxylic acids is 1. The first-order valence-electron chi connectivity index (χ1n) is 5.48. The molecule has 0 saturated heterocycles. The summed E-state index contributed by atoms with van der Waals surface area (Å²) in [6, 6.07) is 4.57. The summed E-state index contributed by atoms with van der Waals surface area (Å²) in [6.07, 6.45) is -0.243. The fourth-order valence-corrected chi connectivity index (χ4v) is 1.40. The van der Waals surface area contributed by atoms with Crippen LogP contribution in [0.15, 0.2) is 18.2 Å². The maximum atomic E-state index is 11.3. The van der Waals surface area contributed by atoms with Crippen molar-refractivity contribution >= 4 is 11.7 Å². The molecular weight excluding hydrogens is 238 g/mol. The van der Waals surface area contributed by atoms with E-state index in [4.69, 9.17) is 9.47 Å². The number of hydrogen-bond donors (Lipinski definition) is 0. The van der Waals surface area contributed by atoms with Gasteiger partial charge < -0.3 is 9.47 Å². The molecule has 0 saturated carbocycles. The van der Waals surface area contributed by atoms with E-state index in [2.05, 4.69) is 0 Å². The van der Waals surface area contributed by atoms with E-state index in [0.717, 1.165) is 0 Å². The van der Waals surface area contributed by atoms with Gasteiger partial charge >= 0.3 is 11.7 Å². The van der Waals surface area contributed by atoms with Gasteiger partial charge in [0.1, 0.15) is 0 Å². The normalized spacial score (nSPS) is 10.2. The van der Waals surface area contributed by atoms with Crippen LogP contribution in [0.3, 0.4) is 0 Å². The van der Waals surface area contributed by atoms with Gasteiger partial charge in [-0.3, -0.25) is 10.1 Å². The Labute approximate surface area is 105 Å². The second kappa shape index (κ2) is 6.00. The Morgan fingerprint density at radius 2 is 2.11 bits per heavy atom. The zero-order chi connectivity index (χ0) is 13.7. The van der Waals surface area contributed by atoms with Crippen molar-refractivity contribution in [2.24, 2.45) is 0 Å². The molecule has 0 spiro atoms. The molecule has 0 aliphatic rings. The quantitative estimate of drug-likeness (QED) is 0.456. The van der Waals surface area contributed by atoms with E-state index in [1.54, 1.807) is 32.9 Å². The van der Waals surface area contributed by atoms with Gasteiger partial charge in [-0.05, 0) is 26.3 Å². The molecule has 0 heterocycles. The molecule has 18 heavy (non-hydrogen) atoms. The summed E-state index contributed by atoms with van der Waals surface area (Å²) >= 11 is 0. The SMILES string of the molecule is Cc1cccc([N+](=O)[O-])c1OCC(=O)OC(C)C. The first-order chi connectivity index (χ1) is 8.41. The fourth-order valence-electron chi connectivity index (χ4n) is 1.40. The third-order valence-corrected chi connectivity index (χ3v) is 2.09. The summed E-state index contributed by atoms with van der Waals surface area (Å²) < 4.78 is 10.1. The number of nitro groups is 1. The second-order valence-electron chi connectivity index (χ2n) is 4.01. The lowest BCUT2D eigenvalue weighted by Crippen LogP contribution is -2.19. The summed E-state index contributed by atoms with van der Waals surface area (Å²) in [4.78, 5) is 21.6. The molecule has 1 rings (SSSR count). The van der Waals surface area contributed by atoms with Gasteiger partial charge in [0.15, 0.2) is 6.61 Å². The number of nitrogens with zero attached hydrogens (tertiary/aromatic N) is 1. The van der Waals surface area contributed by atoms with E-state index >= 15 is 0 Å². The molecule has 1 aromatic carbocycles. The molecule has 6 nitrogen and oxygen atoms in total. The Balaban J connectivity index is 2.78. The number of aryl methyl sites for hydroxylation is 1. The van der Waals surface area contributed by atoms with Gasteiger partial charge in [0.25, 0.3) is 0 Å². The lowest BCUT2D eigenvalue weighted by atomic mass is 10.2. The van der Waals surface area contributed by atoms with Crippen LogP contribution in [0.1, 0.15) is 19.4 Å². The van der Waals surface area contributed by atoms with Gasteiger partial charge in [-0.15, -0.1) is 0 Å². The number of para-hydroxylation sites is 1. The summed E-state index contributed by atoms with van der Waals surface area (Å²) in [6.45, 7) is 4.77. The summed E-state index contributed by atoms with van der Waals surface area (Å²) in [5, 5.41) is 10.8. The monoisotopic (exact) mass is 253 g/mol. The Bertz CT molecular complexity index is 456. The van der Waals surface area contributed by atoms with Gasteiger partial charge in [0.05, 0.1) is 11.0 Å². The van der Waals surface area contributed by atoms with Crippen molar-refractivity contribution in [1.82, 2.24) is 0 Å². The summed E-state index contributed by atoms with van der Waals surface area (Å²) in [7, 11) is 0. The minimum Gasteiger partial charge on any atom is -0.475 e. The van der Waals surface area contributed by atoms with Crippen LogP contribution in [0.4, 0.5) is 5.69 Å². The molecule has 0 atom stereocenters. The third kappa shape index (κ3) is 3.73. The third-order valence-electron chi connectivity index (χ3n) is 2.09. The Kier molecular flexibility index (Phi) is 4.65. The van der Waals surface area contributed by atoms with Crippen molar-refractivity contribution in [3.05, 3.63) is 33.9 Å². The van der Waals surface area contributed by atoms with Crippen molar-refractivity contribution < 1.29 is 19.2 Å². The van der Waals surface area contributed by atoms with E-state index in [1.165, 1.54) is 6.07 Å². The van der Waals surface area contributed by atoms with Crippen LogP contribution in [0.2, 0.25) is 0 Å². The molecule has 98 valence electrons. The lowest BCUT2D eigenvalue weighted by Gasteiger charge is -2.10. The number of carbonyl (C=O) groups is 1. The predicted molar refractivity (Wildman–Crippen MR) is 64.6 cm³/mol. The van der Waals surface area contributed by atoms with Crippen LogP contribution in [0.25, 0.3) is 0 Å². The molecule has 6 heteroatoms. The lowest BCUT2D eigenvalue weighted by molar-refractivity contribution is -0.385. The van der Waals surface area contributed by atoms with Crippen molar-refractivity contribution in [1.29, 1.82) is 0 Å². The Morgan fingerprint density at radius 3 is 2.67 bits per heavy atom. The number of benzene rings is 1. The highest BCUT2D eigenvalue weighted by Crippen LogP contribution is 2.30. The van der Waals surface area contributed by atoms with Gasteiger partial charge in [-0.1, -0.05) is 12.1 Å². The molecule has 0 aromatic heterocycles. The van der Waals surface area contributed by atoms with Crippen molar-refractivity contribution in [2.75, 3.05) is 6.61 Å². The van der Waals surface area contributed by atoms with Crippen LogP contribution in [-0.4, -0.2) is 23.6 Å². The second-order valence-corrected chi connectivity index (χ2v) is 4.01. The molecule has 0 N–H and O–H groups in total. The minimum atomic E-state index is -0.553. The maximum Gasteiger partial charge on any atom is 0.344 e. The zero-order valence-electron chi connectivity index (χ0n) is 10.5. The van der Waals surface area contributed by atoms with Crippen LogP contribution < -0.4 is 4.74 Å². The van der Waals surface area contributed by atoms with E-state index in [0.29, 0.717) is 5.56 Å². The highest BCUT2D eigenvalue weighted by atomic mass is 16.6. The van der Waals surface area contributed by atoms with E-state index in [-0.39, 0.29) is 24.1 Å². The Hall–Kier alpha value is -2.11. The zero-order valence-corrected chi connectivity index (χ0v) is 10.5. The smallest absolute Gasteiger partial charge is 0.344 e. The van der Waals surface area contributed by atoms with Crippen molar-refractivity contribution in [3.8, 4) is 5.75 Å². The molecule has 0 amide bonds. The van der Waals surface area contributed by atoms with Crippen LogP contribution in [0.5, 0.6) is 5.75 Å². The maximum absolute atomic E-state index is 11.3. The van der Waals surface area contributed by atoms with Crippen LogP contribution >= 0.6 is 0 Å². The topological polar surface area (TPSA) is 78.7 Å². The minimum absolute atomic E-state index is 0.100. The number of hydrogen-bond acceptors (Lipinski definition) is 5. The number of rotatable bonds is 5. The van der Waals surface area contributed by atoms with Crippen LogP contribution in [-0.2, 0) is 9.53 Å². The van der Waals surface area contributed by atoms with Gasteiger partial charge in [-0.2, -0.15) is 0 Å². The molecule has 1 aromatic rings. The van der Waals surface area contributed by atoms with Gasteiger partial charge in [0, 0.05) is 6.07 Å². The van der Waals surface area contributed by atoms with Gasteiger partial charge in [-0.25, -0.2) is 4.79 Å². The Morgan fingerprint density at radius 1 is 1.44 bits per heavy atom. The van der Waals surface area contributed by atoms with Gasteiger partial charge in [0.2, 0.25) is 5.75 Å². The summed E-state index contributed by atoms with van der Waals surface area (Å²) in [5.41, 5.74) is 0.439. The van der Waals surface area contributed by atoms with E-state index < -0.39 is 10.9 Å². The van der Waals surface area contributed by atoms with Crippen molar-refractivity contribution in [2.45, 2.75) is 26.9 Å². The first kappa shape index (κ1) is 14.0. The molecule has 0 bridgehead atoms. The van der Waals surface area contributed by atoms with Crippen LogP contribution in [0, 0.1) is 17.0 Å². The predicted octanol–water partition coefficient (Wildman–Crippen LogP) is 2.23. The largest absolute Gasteiger partial charge is 0.475 e. The average Bonchev–Trinajstić information content (AvgIpc) is 2.25. The highest BCUT2D eigenvalue weighted by Gasteiger charge is 2.18. The fraction of sp³-hybridized carbons (Fsp3) is 0.417. The molecule has 0 radical (unpaired) electrons. The number of esters is 1. The molecule has 0 aliphatic carbocycles. The van der Waals surface area contributed by atoms with Crippen molar-refractivity contribution in [3.63, 3.8) is 0 Å².